The van der Waals surface area contributed by atoms with Crippen molar-refractivity contribution in [3.8, 4) is 0 Å². The summed E-state index contributed by atoms with van der Waals surface area (Å²) in [6, 6.07) is 10.7. The largest absolute Gasteiger partial charge is 0.362 e. The summed E-state index contributed by atoms with van der Waals surface area (Å²) in [6.45, 7) is 0.809. The molecule has 1 atom stereocenters. The number of hydrogen-bond donors (Lipinski definition) is 1. The zero-order chi connectivity index (χ0) is 18.2. The van der Waals surface area contributed by atoms with E-state index in [0.29, 0.717) is 0 Å². The molecule has 0 amide bonds. The van der Waals surface area contributed by atoms with Crippen LogP contribution < -0.4 is 5.32 Å². The zero-order valence-corrected chi connectivity index (χ0v) is 15.2. The first-order valence-corrected chi connectivity index (χ1v) is 9.27. The van der Waals surface area contributed by atoms with Crippen LogP contribution in [0.15, 0.2) is 49.1 Å². The van der Waals surface area contributed by atoms with Gasteiger partial charge in [-0.15, -0.1) is 0 Å². The minimum Gasteiger partial charge on any atom is -0.362 e. The fourth-order valence-corrected chi connectivity index (χ4v) is 3.90. The molecule has 1 aromatic carbocycles. The lowest BCUT2D eigenvalue weighted by atomic mass is 9.93. The summed E-state index contributed by atoms with van der Waals surface area (Å²) in [4.78, 5) is 8.78. The number of nitrogens with zero attached hydrogens (tertiary/aromatic N) is 6. The van der Waals surface area contributed by atoms with Gasteiger partial charge in [0.05, 0.1) is 30.4 Å². The van der Waals surface area contributed by atoms with Crippen molar-refractivity contribution in [1.29, 1.82) is 0 Å². The highest BCUT2D eigenvalue weighted by atomic mass is 15.3. The Bertz CT molecular complexity index is 1080. The van der Waals surface area contributed by atoms with E-state index in [1.807, 2.05) is 25.5 Å². The lowest BCUT2D eigenvalue weighted by molar-refractivity contribution is 0.556. The Morgan fingerprint density at radius 3 is 2.89 bits per heavy atom. The number of aryl methyl sites for hydroxylation is 1. The molecule has 27 heavy (non-hydrogen) atoms. The number of fused-ring (bicyclic) bond motifs is 2. The number of benzene rings is 1. The van der Waals surface area contributed by atoms with Crippen molar-refractivity contribution in [2.45, 2.75) is 31.8 Å². The molecule has 3 aromatic heterocycles. The minimum atomic E-state index is 0.205. The molecule has 1 N–H and O–H groups in total. The smallest absolute Gasteiger partial charge is 0.163 e. The van der Waals surface area contributed by atoms with Gasteiger partial charge in [0, 0.05) is 18.3 Å². The Hall–Kier alpha value is -3.22. The lowest BCUT2D eigenvalue weighted by Gasteiger charge is -2.25. The second kappa shape index (κ2) is 6.50. The van der Waals surface area contributed by atoms with Crippen LogP contribution in [0.1, 0.15) is 35.7 Å². The highest BCUT2D eigenvalue weighted by Crippen LogP contribution is 2.33. The first kappa shape index (κ1) is 16.0. The summed E-state index contributed by atoms with van der Waals surface area (Å²) in [5, 5.41) is 13.5. The van der Waals surface area contributed by atoms with Gasteiger partial charge in [0.1, 0.15) is 12.1 Å². The SMILES string of the molecule is Cn1ncc2c(NC3CCCc4c3cnn4Cc3ccccc3)ncnc21. The van der Waals surface area contributed by atoms with Crippen LogP contribution in [0, 0.1) is 0 Å². The van der Waals surface area contributed by atoms with Crippen LogP contribution in [-0.2, 0) is 20.0 Å². The molecule has 3 heterocycles. The van der Waals surface area contributed by atoms with Crippen molar-refractivity contribution in [1.82, 2.24) is 29.5 Å². The van der Waals surface area contributed by atoms with Crippen molar-refractivity contribution >= 4 is 16.9 Å². The standard InChI is InChI=1S/C20H21N7/c1-26-20-16(11-23-26)19(21-13-22-20)25-17-8-5-9-18-15(17)10-24-27(18)12-14-6-3-2-4-7-14/h2-4,6-7,10-11,13,17H,5,8-9,12H2,1H3,(H,21,22,25). The summed E-state index contributed by atoms with van der Waals surface area (Å²) >= 11 is 0. The summed E-state index contributed by atoms with van der Waals surface area (Å²) in [7, 11) is 1.89. The maximum Gasteiger partial charge on any atom is 0.163 e. The van der Waals surface area contributed by atoms with Crippen LogP contribution in [-0.4, -0.2) is 29.5 Å². The number of hydrogen-bond acceptors (Lipinski definition) is 5. The second-order valence-corrected chi connectivity index (χ2v) is 7.01. The minimum absolute atomic E-state index is 0.205. The van der Waals surface area contributed by atoms with Gasteiger partial charge in [-0.2, -0.15) is 10.2 Å². The fourth-order valence-electron chi connectivity index (χ4n) is 3.90. The molecule has 4 aromatic rings. The lowest BCUT2D eigenvalue weighted by Crippen LogP contribution is -2.19. The average molecular weight is 359 g/mol. The Labute approximate surface area is 157 Å². The molecule has 0 bridgehead atoms. The monoisotopic (exact) mass is 359 g/mol. The van der Waals surface area contributed by atoms with E-state index in [1.165, 1.54) is 16.8 Å². The molecule has 136 valence electrons. The third-order valence-corrected chi connectivity index (χ3v) is 5.28. The van der Waals surface area contributed by atoms with Crippen LogP contribution in [0.4, 0.5) is 5.82 Å². The Kier molecular flexibility index (Phi) is 3.85. The first-order valence-electron chi connectivity index (χ1n) is 9.27. The van der Waals surface area contributed by atoms with Crippen molar-refractivity contribution < 1.29 is 0 Å². The second-order valence-electron chi connectivity index (χ2n) is 7.01. The van der Waals surface area contributed by atoms with Gasteiger partial charge in [-0.3, -0.25) is 9.36 Å². The molecule has 0 fully saturated rings. The van der Waals surface area contributed by atoms with Crippen molar-refractivity contribution in [3.05, 3.63) is 65.9 Å². The van der Waals surface area contributed by atoms with Gasteiger partial charge in [-0.1, -0.05) is 30.3 Å². The number of aromatic nitrogens is 6. The van der Waals surface area contributed by atoms with Gasteiger partial charge in [0.2, 0.25) is 0 Å². The Balaban J connectivity index is 1.45. The molecule has 0 spiro atoms. The summed E-state index contributed by atoms with van der Waals surface area (Å²) in [6.07, 6.45) is 8.68. The van der Waals surface area contributed by atoms with E-state index < -0.39 is 0 Å². The molecule has 0 radical (unpaired) electrons. The highest BCUT2D eigenvalue weighted by molar-refractivity contribution is 5.86. The molecular formula is C20H21N7. The summed E-state index contributed by atoms with van der Waals surface area (Å²) in [5.74, 6) is 0.835. The van der Waals surface area contributed by atoms with Gasteiger partial charge in [0.25, 0.3) is 0 Å². The predicted molar refractivity (Wildman–Crippen MR) is 103 cm³/mol. The predicted octanol–water partition coefficient (Wildman–Crippen LogP) is 3.10. The third kappa shape index (κ3) is 2.85. The molecule has 1 aliphatic carbocycles. The number of rotatable bonds is 4. The van der Waals surface area contributed by atoms with E-state index in [0.717, 1.165) is 42.7 Å². The van der Waals surface area contributed by atoms with Crippen LogP contribution in [0.3, 0.4) is 0 Å². The summed E-state index contributed by atoms with van der Waals surface area (Å²) in [5.41, 5.74) is 4.70. The van der Waals surface area contributed by atoms with E-state index in [2.05, 4.69) is 54.4 Å². The van der Waals surface area contributed by atoms with Crippen LogP contribution in [0.2, 0.25) is 0 Å². The van der Waals surface area contributed by atoms with E-state index in [-0.39, 0.29) is 6.04 Å². The van der Waals surface area contributed by atoms with Crippen molar-refractivity contribution in [2.24, 2.45) is 7.05 Å². The van der Waals surface area contributed by atoms with Gasteiger partial charge in [0.15, 0.2) is 5.65 Å². The van der Waals surface area contributed by atoms with Gasteiger partial charge < -0.3 is 5.32 Å². The van der Waals surface area contributed by atoms with E-state index >= 15 is 0 Å². The van der Waals surface area contributed by atoms with Crippen LogP contribution in [0.25, 0.3) is 11.0 Å². The molecule has 7 heteroatoms. The molecule has 1 aliphatic rings. The normalized spacial score (nSPS) is 16.4. The van der Waals surface area contributed by atoms with Gasteiger partial charge in [-0.05, 0) is 24.8 Å². The van der Waals surface area contributed by atoms with E-state index in [4.69, 9.17) is 0 Å². The number of nitrogens with one attached hydrogen (secondary N) is 1. The van der Waals surface area contributed by atoms with E-state index in [1.54, 1.807) is 11.0 Å². The quantitative estimate of drug-likeness (QED) is 0.606. The zero-order valence-electron chi connectivity index (χ0n) is 15.2. The first-order chi connectivity index (χ1) is 13.3. The molecule has 0 saturated carbocycles. The van der Waals surface area contributed by atoms with Gasteiger partial charge >= 0.3 is 0 Å². The molecule has 0 saturated heterocycles. The Morgan fingerprint density at radius 2 is 2.00 bits per heavy atom. The maximum atomic E-state index is 4.68. The van der Waals surface area contributed by atoms with Crippen molar-refractivity contribution in [2.75, 3.05) is 5.32 Å². The molecular weight excluding hydrogens is 338 g/mol. The van der Waals surface area contributed by atoms with Gasteiger partial charge in [-0.25, -0.2) is 9.97 Å². The average Bonchev–Trinajstić information content (AvgIpc) is 3.28. The highest BCUT2D eigenvalue weighted by Gasteiger charge is 2.25. The molecule has 7 nitrogen and oxygen atoms in total. The van der Waals surface area contributed by atoms with Crippen molar-refractivity contribution in [3.63, 3.8) is 0 Å². The molecule has 1 unspecified atom stereocenters. The van der Waals surface area contributed by atoms with E-state index in [9.17, 15) is 0 Å². The summed E-state index contributed by atoms with van der Waals surface area (Å²) < 4.78 is 3.91. The molecule has 0 aliphatic heterocycles. The number of anilines is 1. The maximum absolute atomic E-state index is 4.68. The van der Waals surface area contributed by atoms with Crippen LogP contribution >= 0.6 is 0 Å². The Morgan fingerprint density at radius 1 is 1.11 bits per heavy atom. The topological polar surface area (TPSA) is 73.5 Å². The van der Waals surface area contributed by atoms with Crippen LogP contribution in [0.5, 0.6) is 0 Å². The third-order valence-electron chi connectivity index (χ3n) is 5.28. The fraction of sp³-hybridized carbons (Fsp3) is 0.300. The molecule has 5 rings (SSSR count).